The zero-order chi connectivity index (χ0) is 12.8. The summed E-state index contributed by atoms with van der Waals surface area (Å²) in [7, 11) is 1.70. The van der Waals surface area contributed by atoms with E-state index in [-0.39, 0.29) is 18.3 Å². The second-order valence-electron chi connectivity index (χ2n) is 4.96. The van der Waals surface area contributed by atoms with Crippen LogP contribution in [0.3, 0.4) is 0 Å². The van der Waals surface area contributed by atoms with Gasteiger partial charge in [-0.25, -0.2) is 0 Å². The Morgan fingerprint density at radius 1 is 1.33 bits per heavy atom. The predicted octanol–water partition coefficient (Wildman–Crippen LogP) is 2.18. The number of epoxide rings is 1. The molecule has 1 aliphatic rings. The summed E-state index contributed by atoms with van der Waals surface area (Å²) in [6, 6.07) is 10.5. The second-order valence-corrected chi connectivity index (χ2v) is 4.96. The van der Waals surface area contributed by atoms with Gasteiger partial charge in [0.05, 0.1) is 12.7 Å². The molecule has 3 nitrogen and oxygen atoms in total. The van der Waals surface area contributed by atoms with Crippen molar-refractivity contribution >= 4 is 0 Å². The Bertz CT molecular complexity index is 352. The number of benzene rings is 1. The molecule has 0 bridgehead atoms. The molecule has 1 aromatic rings. The molecule has 1 aromatic carbocycles. The summed E-state index contributed by atoms with van der Waals surface area (Å²) < 4.78 is 11.1. The van der Waals surface area contributed by atoms with Crippen molar-refractivity contribution in [3.63, 3.8) is 0 Å². The first-order valence-electron chi connectivity index (χ1n) is 6.62. The van der Waals surface area contributed by atoms with E-state index in [0.29, 0.717) is 6.61 Å². The topological polar surface area (TPSA) is 42.0 Å². The molecule has 1 heterocycles. The van der Waals surface area contributed by atoms with E-state index in [0.717, 1.165) is 25.7 Å². The molecule has 0 aliphatic carbocycles. The monoisotopic (exact) mass is 250 g/mol. The Morgan fingerprint density at radius 2 is 2.11 bits per heavy atom. The molecule has 1 N–H and O–H groups in total. The molecular weight excluding hydrogens is 228 g/mol. The van der Waals surface area contributed by atoms with Gasteiger partial charge in [0.1, 0.15) is 5.60 Å². The van der Waals surface area contributed by atoms with Crippen LogP contribution in [0, 0.1) is 0 Å². The van der Waals surface area contributed by atoms with Crippen molar-refractivity contribution in [2.24, 2.45) is 0 Å². The van der Waals surface area contributed by atoms with Gasteiger partial charge in [-0.2, -0.15) is 0 Å². The van der Waals surface area contributed by atoms with Crippen LogP contribution in [-0.2, 0) is 15.9 Å². The van der Waals surface area contributed by atoms with E-state index < -0.39 is 0 Å². The fraction of sp³-hybridized carbons (Fsp3) is 0.600. The fourth-order valence-electron chi connectivity index (χ4n) is 2.56. The zero-order valence-corrected chi connectivity index (χ0v) is 11.0. The smallest absolute Gasteiger partial charge is 0.118 e. The number of aliphatic hydroxyl groups excluding tert-OH is 1. The van der Waals surface area contributed by atoms with Crippen molar-refractivity contribution in [3.8, 4) is 0 Å². The molecule has 2 rings (SSSR count). The van der Waals surface area contributed by atoms with Crippen molar-refractivity contribution in [1.29, 1.82) is 0 Å². The Labute approximate surface area is 109 Å². The van der Waals surface area contributed by atoms with Crippen molar-refractivity contribution in [1.82, 2.24) is 0 Å². The molecule has 1 fully saturated rings. The summed E-state index contributed by atoms with van der Waals surface area (Å²) in [4.78, 5) is 0. The number of rotatable bonds is 8. The number of aryl methyl sites for hydroxylation is 1. The molecule has 0 unspecified atom stereocenters. The van der Waals surface area contributed by atoms with E-state index in [1.165, 1.54) is 5.56 Å². The minimum Gasteiger partial charge on any atom is -0.396 e. The van der Waals surface area contributed by atoms with Crippen LogP contribution in [0.2, 0.25) is 0 Å². The molecular formula is C15H22O3. The molecule has 0 saturated carbocycles. The third-order valence-corrected chi connectivity index (χ3v) is 3.59. The minimum atomic E-state index is -0.133. The van der Waals surface area contributed by atoms with Gasteiger partial charge in [0, 0.05) is 13.7 Å². The lowest BCUT2D eigenvalue weighted by Gasteiger charge is -2.11. The maximum atomic E-state index is 8.92. The Hall–Kier alpha value is -0.900. The molecule has 0 amide bonds. The fourth-order valence-corrected chi connectivity index (χ4v) is 2.56. The highest BCUT2D eigenvalue weighted by Gasteiger charge is 2.54. The third kappa shape index (κ3) is 3.31. The highest BCUT2D eigenvalue weighted by molar-refractivity contribution is 5.16. The van der Waals surface area contributed by atoms with E-state index in [2.05, 4.69) is 24.3 Å². The van der Waals surface area contributed by atoms with Crippen LogP contribution < -0.4 is 0 Å². The largest absolute Gasteiger partial charge is 0.396 e. The molecule has 3 heteroatoms. The highest BCUT2D eigenvalue weighted by Crippen LogP contribution is 2.43. The van der Waals surface area contributed by atoms with Gasteiger partial charge in [-0.3, -0.25) is 0 Å². The second kappa shape index (κ2) is 6.32. The Morgan fingerprint density at radius 3 is 2.78 bits per heavy atom. The lowest BCUT2D eigenvalue weighted by Crippen LogP contribution is -2.22. The van der Waals surface area contributed by atoms with Gasteiger partial charge in [-0.1, -0.05) is 30.3 Å². The molecule has 100 valence electrons. The SMILES string of the molecule is COC[C@@]1(CCCO)O[C@H]1CCc1ccccc1. The van der Waals surface area contributed by atoms with E-state index in [4.69, 9.17) is 14.6 Å². The number of hydrogen-bond donors (Lipinski definition) is 1. The van der Waals surface area contributed by atoms with E-state index in [1.807, 2.05) is 6.07 Å². The van der Waals surface area contributed by atoms with Crippen LogP contribution in [0.25, 0.3) is 0 Å². The maximum Gasteiger partial charge on any atom is 0.118 e. The van der Waals surface area contributed by atoms with Gasteiger partial charge in [-0.15, -0.1) is 0 Å². The first-order valence-corrected chi connectivity index (χ1v) is 6.62. The van der Waals surface area contributed by atoms with Crippen molar-refractivity contribution in [2.75, 3.05) is 20.3 Å². The molecule has 0 spiro atoms. The number of ether oxygens (including phenoxy) is 2. The summed E-state index contributed by atoms with van der Waals surface area (Å²) in [6.45, 7) is 0.854. The van der Waals surface area contributed by atoms with Crippen LogP contribution in [0.1, 0.15) is 24.8 Å². The predicted molar refractivity (Wildman–Crippen MR) is 70.6 cm³/mol. The Balaban J connectivity index is 1.80. The molecule has 1 saturated heterocycles. The van der Waals surface area contributed by atoms with E-state index in [9.17, 15) is 0 Å². The van der Waals surface area contributed by atoms with E-state index >= 15 is 0 Å². The summed E-state index contributed by atoms with van der Waals surface area (Å²) in [5.41, 5.74) is 1.22. The first-order chi connectivity index (χ1) is 8.80. The van der Waals surface area contributed by atoms with Crippen LogP contribution >= 0.6 is 0 Å². The standard InChI is InChI=1S/C15H22O3/c1-17-12-15(10-5-11-16)14(18-15)9-8-13-6-3-2-4-7-13/h2-4,6-7,14,16H,5,8-12H2,1H3/t14-,15+/m0/s1. The van der Waals surface area contributed by atoms with Gasteiger partial charge < -0.3 is 14.6 Å². The highest BCUT2D eigenvalue weighted by atomic mass is 16.6. The minimum absolute atomic E-state index is 0.133. The average Bonchev–Trinajstić information content (AvgIpc) is 3.09. The lowest BCUT2D eigenvalue weighted by molar-refractivity contribution is 0.110. The van der Waals surface area contributed by atoms with Crippen LogP contribution in [0.5, 0.6) is 0 Å². The number of aliphatic hydroxyl groups is 1. The first kappa shape index (κ1) is 13.5. The van der Waals surface area contributed by atoms with Crippen LogP contribution in [-0.4, -0.2) is 37.1 Å². The number of methoxy groups -OCH3 is 1. The molecule has 1 aliphatic heterocycles. The summed E-state index contributed by atoms with van der Waals surface area (Å²) >= 11 is 0. The zero-order valence-electron chi connectivity index (χ0n) is 11.0. The molecule has 0 radical (unpaired) electrons. The van der Waals surface area contributed by atoms with Gasteiger partial charge >= 0.3 is 0 Å². The molecule has 18 heavy (non-hydrogen) atoms. The van der Waals surface area contributed by atoms with Gasteiger partial charge in [-0.05, 0) is 31.2 Å². The van der Waals surface area contributed by atoms with Crippen molar-refractivity contribution in [3.05, 3.63) is 35.9 Å². The molecule has 0 aromatic heterocycles. The van der Waals surface area contributed by atoms with Crippen LogP contribution in [0.4, 0.5) is 0 Å². The maximum absolute atomic E-state index is 8.92. The summed E-state index contributed by atoms with van der Waals surface area (Å²) in [5, 5.41) is 8.92. The van der Waals surface area contributed by atoms with Gasteiger partial charge in [0.2, 0.25) is 0 Å². The van der Waals surface area contributed by atoms with Gasteiger partial charge in [0.15, 0.2) is 0 Å². The van der Waals surface area contributed by atoms with Crippen LogP contribution in [0.15, 0.2) is 30.3 Å². The Kier molecular flexibility index (Phi) is 4.75. The molecule has 2 atom stereocenters. The van der Waals surface area contributed by atoms with Gasteiger partial charge in [0.25, 0.3) is 0 Å². The summed E-state index contributed by atoms with van der Waals surface area (Å²) in [6.07, 6.45) is 4.01. The lowest BCUT2D eigenvalue weighted by atomic mass is 9.96. The van der Waals surface area contributed by atoms with E-state index in [1.54, 1.807) is 7.11 Å². The third-order valence-electron chi connectivity index (χ3n) is 3.59. The summed E-state index contributed by atoms with van der Waals surface area (Å²) in [5.74, 6) is 0. The quantitative estimate of drug-likeness (QED) is 0.719. The average molecular weight is 250 g/mol. The number of hydrogen-bond acceptors (Lipinski definition) is 3. The normalized spacial score (nSPS) is 26.2. The van der Waals surface area contributed by atoms with Crippen molar-refractivity contribution < 1.29 is 14.6 Å². The van der Waals surface area contributed by atoms with Crippen molar-refractivity contribution in [2.45, 2.75) is 37.4 Å².